The quantitative estimate of drug-likeness (QED) is 0.673. The molecular weight excluding hydrogens is 218 g/mol. The van der Waals surface area contributed by atoms with Crippen LogP contribution in [0.2, 0.25) is 0 Å². The topological polar surface area (TPSA) is 26.0 Å². The van der Waals surface area contributed by atoms with Gasteiger partial charge in [0.2, 0.25) is 0 Å². The van der Waals surface area contributed by atoms with Crippen LogP contribution < -0.4 is 5.73 Å². The maximum atomic E-state index is 6.34. The predicted octanol–water partition coefficient (Wildman–Crippen LogP) is 4.57. The average molecular weight is 245 g/mol. The molecule has 0 heterocycles. The molecule has 1 heteroatoms. The lowest BCUT2D eigenvalue weighted by atomic mass is 9.59. The third-order valence-corrected chi connectivity index (χ3v) is 5.33. The fraction of sp³-hybridized carbons (Fsp3) is 0.647. The number of allylic oxidation sites excluding steroid dienone is 5. The van der Waals surface area contributed by atoms with Gasteiger partial charge in [0.05, 0.1) is 0 Å². The van der Waals surface area contributed by atoms with Crippen molar-refractivity contribution < 1.29 is 0 Å². The van der Waals surface area contributed by atoms with E-state index >= 15 is 0 Å². The van der Waals surface area contributed by atoms with Crippen molar-refractivity contribution in [1.29, 1.82) is 0 Å². The van der Waals surface area contributed by atoms with Crippen LogP contribution in [0.5, 0.6) is 0 Å². The average Bonchev–Trinajstić information content (AvgIpc) is 2.30. The van der Waals surface area contributed by atoms with Crippen molar-refractivity contribution in [3.63, 3.8) is 0 Å². The first-order valence-corrected chi connectivity index (χ1v) is 7.18. The summed E-state index contributed by atoms with van der Waals surface area (Å²) in [7, 11) is 0. The van der Waals surface area contributed by atoms with Gasteiger partial charge < -0.3 is 5.73 Å². The molecule has 0 aromatic heterocycles. The molecule has 0 aromatic carbocycles. The smallest absolute Gasteiger partial charge is 0.0314 e. The summed E-state index contributed by atoms with van der Waals surface area (Å²) < 4.78 is 0. The Morgan fingerprint density at radius 1 is 1.33 bits per heavy atom. The second-order valence-corrected chi connectivity index (χ2v) is 6.63. The Labute approximate surface area is 112 Å². The Bertz CT molecular complexity index is 435. The lowest BCUT2D eigenvalue weighted by molar-refractivity contribution is 0.191. The third-order valence-electron chi connectivity index (χ3n) is 5.33. The zero-order chi connectivity index (χ0) is 13.5. The normalized spacial score (nSPS) is 35.4. The van der Waals surface area contributed by atoms with Crippen LogP contribution in [0.3, 0.4) is 0 Å². The highest BCUT2D eigenvalue weighted by molar-refractivity contribution is 5.41. The lowest BCUT2D eigenvalue weighted by Gasteiger charge is -2.46. The molecule has 1 nitrogen and oxygen atoms in total. The Morgan fingerprint density at radius 3 is 2.61 bits per heavy atom. The van der Waals surface area contributed by atoms with Crippen molar-refractivity contribution in [2.45, 2.75) is 53.9 Å². The van der Waals surface area contributed by atoms with Crippen molar-refractivity contribution in [2.24, 2.45) is 23.0 Å². The summed E-state index contributed by atoms with van der Waals surface area (Å²) in [6, 6.07) is 0. The van der Waals surface area contributed by atoms with E-state index in [9.17, 15) is 0 Å². The first kappa shape index (κ1) is 13.5. The highest BCUT2D eigenvalue weighted by Crippen LogP contribution is 2.52. The Balaban J connectivity index is 2.44. The van der Waals surface area contributed by atoms with Gasteiger partial charge in [-0.05, 0) is 56.9 Å². The van der Waals surface area contributed by atoms with E-state index in [1.807, 2.05) is 0 Å². The molecule has 0 amide bonds. The monoisotopic (exact) mass is 245 g/mol. The van der Waals surface area contributed by atoms with Crippen molar-refractivity contribution in [3.05, 3.63) is 34.6 Å². The maximum Gasteiger partial charge on any atom is 0.0314 e. The summed E-state index contributed by atoms with van der Waals surface area (Å²) in [6.07, 6.45) is 8.37. The molecular formula is C17H27N. The SMILES string of the molecule is CC(C)=C(C)C1C=C(N)C2=CCCC(C)C2(C)C1. The second kappa shape index (κ2) is 4.60. The van der Waals surface area contributed by atoms with Gasteiger partial charge in [0.15, 0.2) is 0 Å². The van der Waals surface area contributed by atoms with Gasteiger partial charge in [0, 0.05) is 11.6 Å². The summed E-state index contributed by atoms with van der Waals surface area (Å²) in [5.41, 5.74) is 12.0. The molecule has 2 N–H and O–H groups in total. The standard InChI is InChI=1S/C17H27N/c1-11(2)13(4)14-9-16(18)15-8-6-7-12(3)17(15,5)10-14/h8-9,12,14H,6-7,10,18H2,1-5H3. The van der Waals surface area contributed by atoms with E-state index in [0.717, 1.165) is 11.6 Å². The van der Waals surface area contributed by atoms with Gasteiger partial charge >= 0.3 is 0 Å². The molecule has 0 fully saturated rings. The van der Waals surface area contributed by atoms with E-state index in [1.165, 1.54) is 36.0 Å². The molecule has 2 rings (SSSR count). The highest BCUT2D eigenvalue weighted by Gasteiger charge is 2.42. The van der Waals surface area contributed by atoms with E-state index in [0.29, 0.717) is 5.92 Å². The minimum Gasteiger partial charge on any atom is -0.399 e. The molecule has 0 aromatic rings. The molecule has 3 atom stereocenters. The number of hydrogen-bond acceptors (Lipinski definition) is 1. The number of hydrogen-bond donors (Lipinski definition) is 1. The van der Waals surface area contributed by atoms with Crippen LogP contribution >= 0.6 is 0 Å². The Hall–Kier alpha value is -0.980. The molecule has 2 aliphatic rings. The van der Waals surface area contributed by atoms with Crippen LogP contribution in [0.15, 0.2) is 34.6 Å². The van der Waals surface area contributed by atoms with Gasteiger partial charge in [-0.25, -0.2) is 0 Å². The van der Waals surface area contributed by atoms with Crippen LogP contribution in [-0.4, -0.2) is 0 Å². The second-order valence-electron chi connectivity index (χ2n) is 6.63. The molecule has 0 aliphatic heterocycles. The van der Waals surface area contributed by atoms with E-state index in [1.54, 1.807) is 0 Å². The highest BCUT2D eigenvalue weighted by atomic mass is 14.6. The van der Waals surface area contributed by atoms with Gasteiger partial charge in [0.1, 0.15) is 0 Å². The van der Waals surface area contributed by atoms with Crippen LogP contribution in [-0.2, 0) is 0 Å². The third kappa shape index (κ3) is 2.04. The molecule has 0 bridgehead atoms. The predicted molar refractivity (Wildman–Crippen MR) is 79.0 cm³/mol. The molecule has 0 spiro atoms. The maximum absolute atomic E-state index is 6.34. The van der Waals surface area contributed by atoms with E-state index < -0.39 is 0 Å². The van der Waals surface area contributed by atoms with Crippen LogP contribution in [0.25, 0.3) is 0 Å². The zero-order valence-electron chi connectivity index (χ0n) is 12.5. The number of nitrogens with two attached hydrogens (primary N) is 1. The summed E-state index contributed by atoms with van der Waals surface area (Å²) in [5, 5.41) is 0. The zero-order valence-corrected chi connectivity index (χ0v) is 12.5. The summed E-state index contributed by atoms with van der Waals surface area (Å²) >= 11 is 0. The molecule has 18 heavy (non-hydrogen) atoms. The fourth-order valence-electron chi connectivity index (χ4n) is 3.52. The molecule has 100 valence electrons. The molecule has 0 saturated carbocycles. The van der Waals surface area contributed by atoms with Crippen LogP contribution in [0, 0.1) is 17.3 Å². The van der Waals surface area contributed by atoms with Gasteiger partial charge in [-0.3, -0.25) is 0 Å². The number of fused-ring (bicyclic) bond motifs is 1. The molecule has 2 aliphatic carbocycles. The van der Waals surface area contributed by atoms with E-state index in [4.69, 9.17) is 5.73 Å². The van der Waals surface area contributed by atoms with Crippen LogP contribution in [0.1, 0.15) is 53.9 Å². The van der Waals surface area contributed by atoms with E-state index in [2.05, 4.69) is 46.8 Å². The Kier molecular flexibility index (Phi) is 3.44. The van der Waals surface area contributed by atoms with Gasteiger partial charge in [-0.1, -0.05) is 37.1 Å². The van der Waals surface area contributed by atoms with Gasteiger partial charge in [-0.2, -0.15) is 0 Å². The van der Waals surface area contributed by atoms with Crippen molar-refractivity contribution in [1.82, 2.24) is 0 Å². The van der Waals surface area contributed by atoms with Gasteiger partial charge in [0.25, 0.3) is 0 Å². The fourth-order valence-corrected chi connectivity index (χ4v) is 3.52. The summed E-state index contributed by atoms with van der Waals surface area (Å²) in [6.45, 7) is 11.5. The minimum atomic E-state index is 0.276. The minimum absolute atomic E-state index is 0.276. The van der Waals surface area contributed by atoms with Gasteiger partial charge in [-0.15, -0.1) is 0 Å². The summed E-state index contributed by atoms with van der Waals surface area (Å²) in [4.78, 5) is 0. The summed E-state index contributed by atoms with van der Waals surface area (Å²) in [5.74, 6) is 1.26. The van der Waals surface area contributed by atoms with Crippen molar-refractivity contribution in [3.8, 4) is 0 Å². The van der Waals surface area contributed by atoms with Crippen molar-refractivity contribution >= 4 is 0 Å². The van der Waals surface area contributed by atoms with Crippen molar-refractivity contribution in [2.75, 3.05) is 0 Å². The molecule has 0 saturated heterocycles. The lowest BCUT2D eigenvalue weighted by Crippen LogP contribution is -2.38. The van der Waals surface area contributed by atoms with E-state index in [-0.39, 0.29) is 5.41 Å². The molecule has 3 unspecified atom stereocenters. The number of rotatable bonds is 1. The Morgan fingerprint density at radius 2 is 2.00 bits per heavy atom. The largest absolute Gasteiger partial charge is 0.399 e. The first-order chi connectivity index (χ1) is 8.36. The molecule has 0 radical (unpaired) electrons. The first-order valence-electron chi connectivity index (χ1n) is 7.18. The van der Waals surface area contributed by atoms with Crippen LogP contribution in [0.4, 0.5) is 0 Å².